The zero-order valence-corrected chi connectivity index (χ0v) is 19.2. The van der Waals surface area contributed by atoms with E-state index in [0.717, 1.165) is 26.2 Å². The van der Waals surface area contributed by atoms with Crippen molar-refractivity contribution in [1.82, 2.24) is 24.2 Å². The van der Waals surface area contributed by atoms with E-state index in [1.54, 1.807) is 6.20 Å². The molecule has 4 aromatic heterocycles. The Morgan fingerprint density at radius 2 is 2.18 bits per heavy atom. The molecule has 1 amide bonds. The number of thiophene rings is 1. The van der Waals surface area contributed by atoms with Crippen molar-refractivity contribution >= 4 is 38.5 Å². The molecule has 4 aromatic rings. The van der Waals surface area contributed by atoms with Gasteiger partial charge in [0.25, 0.3) is 11.5 Å². The van der Waals surface area contributed by atoms with Crippen molar-refractivity contribution in [3.05, 3.63) is 61.4 Å². The summed E-state index contributed by atoms with van der Waals surface area (Å²) in [5, 5.41) is 12.1. The molecule has 172 valence electrons. The third kappa shape index (κ3) is 3.39. The minimum Gasteiger partial charge on any atom is -0.389 e. The smallest absolute Gasteiger partial charge is 0.332 e. The summed E-state index contributed by atoms with van der Waals surface area (Å²) in [6.45, 7) is 3.73. The Kier molecular flexibility index (Phi) is 5.19. The molecular weight excluding hydrogens is 446 g/mol. The molecule has 1 fully saturated rings. The van der Waals surface area contributed by atoms with E-state index in [-0.39, 0.29) is 30.1 Å². The second-order valence-electron chi connectivity index (χ2n) is 8.40. The van der Waals surface area contributed by atoms with Gasteiger partial charge in [0, 0.05) is 42.2 Å². The molecule has 5 heterocycles. The van der Waals surface area contributed by atoms with Crippen LogP contribution in [0.3, 0.4) is 0 Å². The highest BCUT2D eigenvalue weighted by atomic mass is 32.1. The molecule has 1 saturated heterocycles. The lowest BCUT2D eigenvalue weighted by molar-refractivity contribution is -0.0778. The van der Waals surface area contributed by atoms with Crippen molar-refractivity contribution in [3.63, 3.8) is 0 Å². The number of fused-ring (bicyclic) bond motifs is 2. The van der Waals surface area contributed by atoms with Crippen LogP contribution in [0.25, 0.3) is 21.3 Å². The Morgan fingerprint density at radius 3 is 2.88 bits per heavy atom. The van der Waals surface area contributed by atoms with Crippen LogP contribution in [0.2, 0.25) is 0 Å². The largest absolute Gasteiger partial charge is 0.389 e. The molecule has 2 N–H and O–H groups in total. The van der Waals surface area contributed by atoms with Crippen molar-refractivity contribution < 1.29 is 14.7 Å². The van der Waals surface area contributed by atoms with Gasteiger partial charge in [-0.25, -0.2) is 14.8 Å². The number of nitrogens with zero attached hydrogens (tertiary/aromatic N) is 4. The Labute approximate surface area is 191 Å². The van der Waals surface area contributed by atoms with Gasteiger partial charge in [0.05, 0.1) is 17.5 Å². The topological polar surface area (TPSA) is 122 Å². The average molecular weight is 470 g/mol. The number of hydrogen-bond acceptors (Lipinski definition) is 7. The minimum absolute atomic E-state index is 0.00593. The lowest BCUT2D eigenvalue weighted by Gasteiger charge is -2.15. The molecule has 5 rings (SSSR count). The molecule has 33 heavy (non-hydrogen) atoms. The number of aliphatic hydroxyl groups is 1. The number of aliphatic hydroxyl groups excluding tert-OH is 1. The number of amides is 1. The lowest BCUT2D eigenvalue weighted by Crippen LogP contribution is -2.39. The van der Waals surface area contributed by atoms with Crippen molar-refractivity contribution in [2.45, 2.75) is 32.4 Å². The Balaban J connectivity index is 1.78. The van der Waals surface area contributed by atoms with Gasteiger partial charge in [-0.1, -0.05) is 0 Å². The Hall–Kier alpha value is -3.28. The van der Waals surface area contributed by atoms with E-state index in [4.69, 9.17) is 4.84 Å². The number of carbonyl (C=O) groups is 1. The van der Waals surface area contributed by atoms with Crippen molar-refractivity contribution in [1.29, 1.82) is 0 Å². The summed E-state index contributed by atoms with van der Waals surface area (Å²) in [5.41, 5.74) is 0.882. The molecule has 1 atom stereocenters. The molecule has 10 nitrogen and oxygen atoms in total. The van der Waals surface area contributed by atoms with E-state index in [9.17, 15) is 19.5 Å². The second-order valence-corrected chi connectivity index (χ2v) is 9.48. The number of hydrogen-bond donors (Lipinski definition) is 2. The second kappa shape index (κ2) is 7.94. The summed E-state index contributed by atoms with van der Waals surface area (Å²) in [7, 11) is 1.41. The van der Waals surface area contributed by atoms with Crippen LogP contribution in [0.15, 0.2) is 34.1 Å². The van der Waals surface area contributed by atoms with Crippen LogP contribution < -0.4 is 11.2 Å². The number of H-pyrrole nitrogens is 1. The minimum atomic E-state index is -0.793. The van der Waals surface area contributed by atoms with Gasteiger partial charge in [0.2, 0.25) is 0 Å². The van der Waals surface area contributed by atoms with Gasteiger partial charge in [-0.2, -0.15) is 0 Å². The Bertz CT molecular complexity index is 1510. The summed E-state index contributed by atoms with van der Waals surface area (Å²) in [5.74, 6) is -0.503. The number of aromatic amines is 1. The predicted molar refractivity (Wildman–Crippen MR) is 124 cm³/mol. The van der Waals surface area contributed by atoms with Crippen molar-refractivity contribution in [2.24, 2.45) is 7.05 Å². The SMILES string of the molecule is CC(C)n1c(=O)n(C)c(=O)c2c(C(=O)N3CC(O)CO3)c(Cc3c[nH]c4ncccc34)sc21. The lowest BCUT2D eigenvalue weighted by atomic mass is 10.1. The first-order valence-electron chi connectivity index (χ1n) is 10.6. The zero-order valence-electron chi connectivity index (χ0n) is 18.4. The summed E-state index contributed by atoms with van der Waals surface area (Å²) in [4.78, 5) is 53.6. The number of aromatic nitrogens is 4. The molecule has 0 aromatic carbocycles. The first-order valence-corrected chi connectivity index (χ1v) is 11.4. The standard InChI is InChI=1S/C22H23N5O5S/c1-11(2)27-21-17(19(29)25(3)22(27)31)16(20(30)26-9-13(28)10-32-26)15(33-21)7-12-8-24-18-14(12)5-4-6-23-18/h4-6,8,11,13,28H,7,9-10H2,1-3H3,(H,23,24). The first-order chi connectivity index (χ1) is 15.8. The maximum absolute atomic E-state index is 13.6. The fraction of sp³-hybridized carbons (Fsp3) is 0.364. The summed E-state index contributed by atoms with van der Waals surface area (Å²) in [6.07, 6.45) is 3.09. The van der Waals surface area contributed by atoms with Crippen LogP contribution in [0.5, 0.6) is 0 Å². The summed E-state index contributed by atoms with van der Waals surface area (Å²) >= 11 is 1.26. The zero-order chi connectivity index (χ0) is 23.4. The first kappa shape index (κ1) is 21.6. The van der Waals surface area contributed by atoms with Gasteiger partial charge in [0.1, 0.15) is 23.2 Å². The predicted octanol–water partition coefficient (Wildman–Crippen LogP) is 1.56. The van der Waals surface area contributed by atoms with Gasteiger partial charge in [-0.3, -0.25) is 23.6 Å². The number of rotatable bonds is 4. The molecule has 0 radical (unpaired) electrons. The van der Waals surface area contributed by atoms with Crippen LogP contribution in [0, 0.1) is 0 Å². The fourth-order valence-corrected chi connectivity index (χ4v) is 5.64. The van der Waals surface area contributed by atoms with E-state index >= 15 is 0 Å². The average Bonchev–Trinajstić information content (AvgIpc) is 3.49. The quantitative estimate of drug-likeness (QED) is 0.468. The highest BCUT2D eigenvalue weighted by molar-refractivity contribution is 7.19. The molecule has 0 spiro atoms. The van der Waals surface area contributed by atoms with Crippen LogP contribution in [0.1, 0.15) is 40.7 Å². The van der Waals surface area contributed by atoms with Crippen LogP contribution in [0.4, 0.5) is 0 Å². The third-order valence-electron chi connectivity index (χ3n) is 5.84. The van der Waals surface area contributed by atoms with Gasteiger partial charge in [-0.05, 0) is 31.5 Å². The van der Waals surface area contributed by atoms with Gasteiger partial charge < -0.3 is 10.1 Å². The monoisotopic (exact) mass is 469 g/mol. The fourth-order valence-electron chi connectivity index (χ4n) is 4.21. The van der Waals surface area contributed by atoms with E-state index < -0.39 is 23.3 Å². The number of nitrogens with one attached hydrogen (secondary N) is 1. The van der Waals surface area contributed by atoms with Crippen LogP contribution >= 0.6 is 11.3 Å². The van der Waals surface area contributed by atoms with E-state index in [1.807, 2.05) is 32.2 Å². The van der Waals surface area contributed by atoms with E-state index in [1.165, 1.54) is 23.0 Å². The molecule has 11 heteroatoms. The molecular formula is C22H23N5O5S. The Morgan fingerprint density at radius 1 is 1.39 bits per heavy atom. The molecule has 0 saturated carbocycles. The highest BCUT2D eigenvalue weighted by Crippen LogP contribution is 2.34. The van der Waals surface area contributed by atoms with Gasteiger partial charge in [0.15, 0.2) is 0 Å². The molecule has 1 unspecified atom stereocenters. The summed E-state index contributed by atoms with van der Waals surface area (Å²) in [6, 6.07) is 3.55. The molecule has 1 aliphatic rings. The molecule has 1 aliphatic heterocycles. The van der Waals surface area contributed by atoms with Crippen molar-refractivity contribution in [3.8, 4) is 0 Å². The number of hydroxylamine groups is 2. The van der Waals surface area contributed by atoms with Gasteiger partial charge in [-0.15, -0.1) is 11.3 Å². The molecule has 0 aliphatic carbocycles. The van der Waals surface area contributed by atoms with Crippen molar-refractivity contribution in [2.75, 3.05) is 13.2 Å². The third-order valence-corrected chi connectivity index (χ3v) is 7.03. The molecule has 0 bridgehead atoms. The number of β-amino-alcohol motifs (C(OH)–C–C–N with tert-alkyl or cyclic N) is 1. The maximum atomic E-state index is 13.6. The van der Waals surface area contributed by atoms with Crippen LogP contribution in [-0.2, 0) is 18.3 Å². The maximum Gasteiger partial charge on any atom is 0.332 e. The van der Waals surface area contributed by atoms with E-state index in [0.29, 0.717) is 16.1 Å². The summed E-state index contributed by atoms with van der Waals surface area (Å²) < 4.78 is 2.57. The number of pyridine rings is 1. The normalized spacial score (nSPS) is 16.5. The van der Waals surface area contributed by atoms with E-state index in [2.05, 4.69) is 9.97 Å². The highest BCUT2D eigenvalue weighted by Gasteiger charge is 2.33. The van der Waals surface area contributed by atoms with Crippen LogP contribution in [-0.4, -0.2) is 54.4 Å². The van der Waals surface area contributed by atoms with Gasteiger partial charge >= 0.3 is 5.69 Å². The number of carbonyl (C=O) groups excluding carboxylic acids is 1.